The van der Waals surface area contributed by atoms with Crippen molar-refractivity contribution in [3.8, 4) is 0 Å². The van der Waals surface area contributed by atoms with Crippen molar-refractivity contribution in [1.82, 2.24) is 5.32 Å². The summed E-state index contributed by atoms with van der Waals surface area (Å²) < 4.78 is 18.0. The Morgan fingerprint density at radius 1 is 1.35 bits per heavy atom. The van der Waals surface area contributed by atoms with Crippen molar-refractivity contribution in [2.75, 3.05) is 11.9 Å². The first-order valence-electron chi connectivity index (χ1n) is 6.60. The SMILES string of the molecule is CC(O)(CNC(=O)C(=O)Nc1ccc(F)cc1Cl)c1ccco1. The number of carbonyl (C=O) groups is 2. The van der Waals surface area contributed by atoms with Gasteiger partial charge in [0.1, 0.15) is 17.2 Å². The lowest BCUT2D eigenvalue weighted by molar-refractivity contribution is -0.136. The topological polar surface area (TPSA) is 91.6 Å². The predicted octanol–water partition coefficient (Wildman–Crippen LogP) is 2.03. The molecular formula is C15H14ClFN2O4. The molecule has 6 nitrogen and oxygen atoms in total. The zero-order valence-electron chi connectivity index (χ0n) is 12.1. The van der Waals surface area contributed by atoms with Crippen molar-refractivity contribution in [2.45, 2.75) is 12.5 Å². The molecule has 1 atom stereocenters. The van der Waals surface area contributed by atoms with Gasteiger partial charge < -0.3 is 20.2 Å². The van der Waals surface area contributed by atoms with Crippen LogP contribution in [0.15, 0.2) is 41.0 Å². The molecule has 0 bridgehead atoms. The summed E-state index contributed by atoms with van der Waals surface area (Å²) in [6.07, 6.45) is 1.38. The van der Waals surface area contributed by atoms with Crippen LogP contribution in [0.25, 0.3) is 0 Å². The second-order valence-electron chi connectivity index (χ2n) is 5.01. The van der Waals surface area contributed by atoms with Crippen LogP contribution in [0.5, 0.6) is 0 Å². The van der Waals surface area contributed by atoms with E-state index in [1.807, 2.05) is 0 Å². The number of aliphatic hydroxyl groups is 1. The fourth-order valence-corrected chi connectivity index (χ4v) is 1.99. The van der Waals surface area contributed by atoms with E-state index in [9.17, 15) is 19.1 Å². The van der Waals surface area contributed by atoms with Crippen LogP contribution in [0, 0.1) is 5.82 Å². The number of carbonyl (C=O) groups excluding carboxylic acids is 2. The molecule has 0 saturated heterocycles. The maximum absolute atomic E-state index is 12.9. The van der Waals surface area contributed by atoms with Crippen molar-refractivity contribution in [3.63, 3.8) is 0 Å². The average Bonchev–Trinajstić information content (AvgIpc) is 3.02. The molecule has 0 radical (unpaired) electrons. The summed E-state index contributed by atoms with van der Waals surface area (Å²) in [5.41, 5.74) is -1.36. The molecule has 2 rings (SSSR count). The molecule has 1 aromatic carbocycles. The number of benzene rings is 1. The normalized spacial score (nSPS) is 13.2. The summed E-state index contributed by atoms with van der Waals surface area (Å²) >= 11 is 5.76. The molecule has 23 heavy (non-hydrogen) atoms. The van der Waals surface area contributed by atoms with Gasteiger partial charge in [0.2, 0.25) is 0 Å². The van der Waals surface area contributed by atoms with Crippen LogP contribution in [-0.2, 0) is 15.2 Å². The minimum Gasteiger partial charge on any atom is -0.466 e. The first-order valence-corrected chi connectivity index (χ1v) is 6.98. The van der Waals surface area contributed by atoms with E-state index in [-0.39, 0.29) is 23.0 Å². The molecule has 0 saturated carbocycles. The third-order valence-corrected chi connectivity index (χ3v) is 3.34. The molecule has 8 heteroatoms. The molecule has 1 aromatic heterocycles. The minimum absolute atomic E-state index is 0.0336. The van der Waals surface area contributed by atoms with Gasteiger partial charge in [-0.05, 0) is 37.3 Å². The van der Waals surface area contributed by atoms with E-state index in [4.69, 9.17) is 16.0 Å². The van der Waals surface area contributed by atoms with Crippen molar-refractivity contribution in [3.05, 3.63) is 53.2 Å². The monoisotopic (exact) mass is 340 g/mol. The quantitative estimate of drug-likeness (QED) is 0.743. The Kier molecular flexibility index (Phi) is 5.02. The Hall–Kier alpha value is -2.38. The van der Waals surface area contributed by atoms with Gasteiger partial charge in [0, 0.05) is 0 Å². The van der Waals surface area contributed by atoms with E-state index < -0.39 is 23.2 Å². The molecule has 0 aliphatic heterocycles. The summed E-state index contributed by atoms with van der Waals surface area (Å²) in [6, 6.07) is 6.49. The molecule has 2 aromatic rings. The highest BCUT2D eigenvalue weighted by atomic mass is 35.5. The summed E-state index contributed by atoms with van der Waals surface area (Å²) in [5.74, 6) is -2.28. The average molecular weight is 341 g/mol. The Balaban J connectivity index is 1.94. The van der Waals surface area contributed by atoms with E-state index in [1.165, 1.54) is 19.3 Å². The Labute approximate surface area is 136 Å². The van der Waals surface area contributed by atoms with E-state index in [2.05, 4.69) is 10.6 Å². The molecular weight excluding hydrogens is 327 g/mol. The minimum atomic E-state index is -1.47. The maximum Gasteiger partial charge on any atom is 0.313 e. The number of hydrogen-bond donors (Lipinski definition) is 3. The fourth-order valence-electron chi connectivity index (χ4n) is 1.77. The van der Waals surface area contributed by atoms with E-state index in [0.29, 0.717) is 0 Å². The van der Waals surface area contributed by atoms with Gasteiger partial charge in [-0.3, -0.25) is 9.59 Å². The number of rotatable bonds is 4. The molecule has 1 heterocycles. The number of nitrogens with one attached hydrogen (secondary N) is 2. The van der Waals surface area contributed by atoms with Crippen molar-refractivity contribution in [2.24, 2.45) is 0 Å². The number of anilines is 1. The van der Waals surface area contributed by atoms with E-state index >= 15 is 0 Å². The van der Waals surface area contributed by atoms with Crippen molar-refractivity contribution < 1.29 is 23.5 Å². The third kappa shape index (κ3) is 4.30. The summed E-state index contributed by atoms with van der Waals surface area (Å²) in [4.78, 5) is 23.5. The number of furan rings is 1. The van der Waals surface area contributed by atoms with Crippen LogP contribution in [0.4, 0.5) is 10.1 Å². The van der Waals surface area contributed by atoms with Crippen LogP contribution in [0.3, 0.4) is 0 Å². The highest BCUT2D eigenvalue weighted by Crippen LogP contribution is 2.22. The van der Waals surface area contributed by atoms with Crippen LogP contribution >= 0.6 is 11.6 Å². The summed E-state index contributed by atoms with van der Waals surface area (Å²) in [6.45, 7) is 1.20. The second-order valence-corrected chi connectivity index (χ2v) is 5.42. The zero-order chi connectivity index (χ0) is 17.0. The number of halogens is 2. The van der Waals surface area contributed by atoms with Crippen LogP contribution < -0.4 is 10.6 Å². The summed E-state index contributed by atoms with van der Waals surface area (Å²) in [7, 11) is 0. The molecule has 122 valence electrons. The largest absolute Gasteiger partial charge is 0.466 e. The first-order chi connectivity index (χ1) is 10.8. The van der Waals surface area contributed by atoms with Gasteiger partial charge in [0.25, 0.3) is 0 Å². The lowest BCUT2D eigenvalue weighted by Crippen LogP contribution is -2.43. The molecule has 2 amide bonds. The van der Waals surface area contributed by atoms with Gasteiger partial charge in [-0.2, -0.15) is 0 Å². The Bertz CT molecular complexity index is 716. The highest BCUT2D eigenvalue weighted by molar-refractivity contribution is 6.41. The molecule has 0 spiro atoms. The predicted molar refractivity (Wildman–Crippen MR) is 81.3 cm³/mol. The van der Waals surface area contributed by atoms with Crippen molar-refractivity contribution in [1.29, 1.82) is 0 Å². The van der Waals surface area contributed by atoms with Crippen LogP contribution in [0.2, 0.25) is 5.02 Å². The highest BCUT2D eigenvalue weighted by Gasteiger charge is 2.28. The Morgan fingerprint density at radius 3 is 2.70 bits per heavy atom. The fraction of sp³-hybridized carbons (Fsp3) is 0.200. The Morgan fingerprint density at radius 2 is 2.09 bits per heavy atom. The van der Waals surface area contributed by atoms with Gasteiger partial charge >= 0.3 is 11.8 Å². The van der Waals surface area contributed by atoms with Crippen LogP contribution in [-0.4, -0.2) is 23.5 Å². The smallest absolute Gasteiger partial charge is 0.313 e. The van der Waals surface area contributed by atoms with Gasteiger partial charge in [0.05, 0.1) is 23.5 Å². The van der Waals surface area contributed by atoms with E-state index in [0.717, 1.165) is 12.1 Å². The van der Waals surface area contributed by atoms with Gasteiger partial charge in [0.15, 0.2) is 0 Å². The lowest BCUT2D eigenvalue weighted by Gasteiger charge is -2.20. The second kappa shape index (κ2) is 6.80. The van der Waals surface area contributed by atoms with E-state index in [1.54, 1.807) is 12.1 Å². The molecule has 0 aliphatic carbocycles. The molecule has 0 aliphatic rings. The van der Waals surface area contributed by atoms with Gasteiger partial charge in [-0.1, -0.05) is 11.6 Å². The zero-order valence-corrected chi connectivity index (χ0v) is 12.9. The maximum atomic E-state index is 12.9. The third-order valence-electron chi connectivity index (χ3n) is 3.03. The lowest BCUT2D eigenvalue weighted by atomic mass is 10.0. The standard InChI is InChI=1S/C15H14ClFN2O4/c1-15(22,12-3-2-6-23-12)8-18-13(20)14(21)19-11-5-4-9(17)7-10(11)16/h2-7,22H,8H2,1H3,(H,18,20)(H,19,21). The first kappa shape index (κ1) is 17.0. The number of amides is 2. The van der Waals surface area contributed by atoms with Gasteiger partial charge in [-0.25, -0.2) is 4.39 Å². The molecule has 1 unspecified atom stereocenters. The molecule has 3 N–H and O–H groups in total. The van der Waals surface area contributed by atoms with Crippen molar-refractivity contribution >= 4 is 29.1 Å². The summed E-state index contributed by atoms with van der Waals surface area (Å²) in [5, 5.41) is 14.7. The number of hydrogen-bond acceptors (Lipinski definition) is 4. The van der Waals surface area contributed by atoms with Gasteiger partial charge in [-0.15, -0.1) is 0 Å². The van der Waals surface area contributed by atoms with Crippen LogP contribution in [0.1, 0.15) is 12.7 Å². The molecule has 0 fully saturated rings.